The van der Waals surface area contributed by atoms with E-state index in [1.165, 1.54) is 16.9 Å². The lowest BCUT2D eigenvalue weighted by molar-refractivity contribution is -0.120. The Labute approximate surface area is 130 Å². The minimum absolute atomic E-state index is 0.0705. The Bertz CT molecular complexity index is 585. The number of carbonyl (C=O) groups is 1. The fourth-order valence-corrected chi connectivity index (χ4v) is 2.96. The maximum atomic E-state index is 12.1. The summed E-state index contributed by atoms with van der Waals surface area (Å²) in [5.74, 6) is 0.142. The van der Waals surface area contributed by atoms with Crippen molar-refractivity contribution in [1.29, 1.82) is 0 Å². The number of anilines is 1. The van der Waals surface area contributed by atoms with Crippen LogP contribution in [-0.2, 0) is 11.2 Å². The highest BCUT2D eigenvalue weighted by Gasteiger charge is 2.15. The summed E-state index contributed by atoms with van der Waals surface area (Å²) in [6, 6.07) is 8.41. The SMILES string of the molecule is CCc1ccc(-c2csc(NC(=O)C(CC)CC)n2)cc1. The predicted molar refractivity (Wildman–Crippen MR) is 89.6 cm³/mol. The van der Waals surface area contributed by atoms with Crippen LogP contribution in [0.25, 0.3) is 11.3 Å². The monoisotopic (exact) mass is 302 g/mol. The molecule has 0 aliphatic heterocycles. The van der Waals surface area contributed by atoms with E-state index in [0.29, 0.717) is 5.13 Å². The molecule has 0 bridgehead atoms. The van der Waals surface area contributed by atoms with Gasteiger partial charge in [-0.2, -0.15) is 0 Å². The smallest absolute Gasteiger partial charge is 0.229 e. The van der Waals surface area contributed by atoms with Gasteiger partial charge in [0.25, 0.3) is 0 Å². The zero-order valence-corrected chi connectivity index (χ0v) is 13.7. The summed E-state index contributed by atoms with van der Waals surface area (Å²) in [5, 5.41) is 5.60. The number of hydrogen-bond acceptors (Lipinski definition) is 3. The summed E-state index contributed by atoms with van der Waals surface area (Å²) >= 11 is 1.48. The number of rotatable bonds is 6. The van der Waals surface area contributed by atoms with Crippen LogP contribution < -0.4 is 5.32 Å². The van der Waals surface area contributed by atoms with Crippen LogP contribution in [0.4, 0.5) is 5.13 Å². The fraction of sp³-hybridized carbons (Fsp3) is 0.412. The number of benzene rings is 1. The molecule has 0 saturated carbocycles. The van der Waals surface area contributed by atoms with Crippen LogP contribution in [0.15, 0.2) is 29.6 Å². The van der Waals surface area contributed by atoms with Gasteiger partial charge in [-0.3, -0.25) is 4.79 Å². The highest BCUT2D eigenvalue weighted by atomic mass is 32.1. The van der Waals surface area contributed by atoms with Gasteiger partial charge in [0, 0.05) is 16.9 Å². The lowest BCUT2D eigenvalue weighted by Crippen LogP contribution is -2.21. The number of thiazole rings is 1. The zero-order valence-electron chi connectivity index (χ0n) is 12.8. The summed E-state index contributed by atoms with van der Waals surface area (Å²) in [6.45, 7) is 6.22. The number of carbonyl (C=O) groups excluding carboxylic acids is 1. The Morgan fingerprint density at radius 1 is 1.19 bits per heavy atom. The van der Waals surface area contributed by atoms with Gasteiger partial charge in [0.15, 0.2) is 5.13 Å². The second kappa shape index (κ2) is 7.36. The van der Waals surface area contributed by atoms with Crippen LogP contribution in [0.2, 0.25) is 0 Å². The van der Waals surface area contributed by atoms with Crippen molar-refractivity contribution in [2.75, 3.05) is 5.32 Å². The molecule has 2 rings (SSSR count). The molecule has 1 N–H and O–H groups in total. The van der Waals surface area contributed by atoms with Gasteiger partial charge in [0.1, 0.15) is 0 Å². The number of nitrogens with one attached hydrogen (secondary N) is 1. The van der Waals surface area contributed by atoms with E-state index >= 15 is 0 Å². The molecule has 1 amide bonds. The molecular formula is C17H22N2OS. The van der Waals surface area contributed by atoms with Gasteiger partial charge in [-0.25, -0.2) is 4.98 Å². The molecule has 0 aliphatic carbocycles. The largest absolute Gasteiger partial charge is 0.302 e. The highest BCUT2D eigenvalue weighted by molar-refractivity contribution is 7.14. The van der Waals surface area contributed by atoms with E-state index in [2.05, 4.69) is 41.5 Å². The third-order valence-corrected chi connectivity index (χ3v) is 4.51. The maximum absolute atomic E-state index is 12.1. The lowest BCUT2D eigenvalue weighted by atomic mass is 10.0. The first-order chi connectivity index (χ1) is 10.2. The third kappa shape index (κ3) is 3.91. The first kappa shape index (κ1) is 15.7. The fourth-order valence-electron chi connectivity index (χ4n) is 2.24. The molecule has 0 radical (unpaired) electrons. The number of nitrogens with zero attached hydrogens (tertiary/aromatic N) is 1. The zero-order chi connectivity index (χ0) is 15.2. The lowest BCUT2D eigenvalue weighted by Gasteiger charge is -2.10. The molecule has 4 heteroatoms. The van der Waals surface area contributed by atoms with Crippen molar-refractivity contribution in [3.05, 3.63) is 35.2 Å². The van der Waals surface area contributed by atoms with Crippen LogP contribution >= 0.6 is 11.3 Å². The molecule has 0 unspecified atom stereocenters. The highest BCUT2D eigenvalue weighted by Crippen LogP contribution is 2.26. The van der Waals surface area contributed by atoms with Crippen molar-refractivity contribution in [3.8, 4) is 11.3 Å². The number of aromatic nitrogens is 1. The maximum Gasteiger partial charge on any atom is 0.229 e. The quantitative estimate of drug-likeness (QED) is 0.837. The Hall–Kier alpha value is -1.68. The average molecular weight is 302 g/mol. The van der Waals surface area contributed by atoms with E-state index < -0.39 is 0 Å². The number of hydrogen-bond donors (Lipinski definition) is 1. The van der Waals surface area contributed by atoms with Crippen LogP contribution in [0, 0.1) is 5.92 Å². The topological polar surface area (TPSA) is 42.0 Å². The summed E-state index contributed by atoms with van der Waals surface area (Å²) in [4.78, 5) is 16.6. The van der Waals surface area contributed by atoms with E-state index in [0.717, 1.165) is 30.5 Å². The van der Waals surface area contributed by atoms with Gasteiger partial charge in [-0.1, -0.05) is 45.0 Å². The van der Waals surface area contributed by atoms with Crippen molar-refractivity contribution in [1.82, 2.24) is 4.98 Å². The number of aryl methyl sites for hydroxylation is 1. The minimum atomic E-state index is 0.0705. The van der Waals surface area contributed by atoms with E-state index in [4.69, 9.17) is 0 Å². The molecule has 3 nitrogen and oxygen atoms in total. The average Bonchev–Trinajstić information content (AvgIpc) is 2.97. The van der Waals surface area contributed by atoms with E-state index in [1.54, 1.807) is 0 Å². The van der Waals surface area contributed by atoms with Crippen LogP contribution in [0.3, 0.4) is 0 Å². The van der Waals surface area contributed by atoms with Gasteiger partial charge in [-0.15, -0.1) is 11.3 Å². The molecule has 1 aromatic carbocycles. The summed E-state index contributed by atoms with van der Waals surface area (Å²) < 4.78 is 0. The predicted octanol–water partition coefficient (Wildman–Crippen LogP) is 4.75. The van der Waals surface area contributed by atoms with Gasteiger partial charge < -0.3 is 5.32 Å². The first-order valence-corrected chi connectivity index (χ1v) is 8.41. The molecular weight excluding hydrogens is 280 g/mol. The van der Waals surface area contributed by atoms with Crippen LogP contribution in [-0.4, -0.2) is 10.9 Å². The van der Waals surface area contributed by atoms with Crippen molar-refractivity contribution in [2.45, 2.75) is 40.0 Å². The van der Waals surface area contributed by atoms with Gasteiger partial charge >= 0.3 is 0 Å². The molecule has 0 spiro atoms. The van der Waals surface area contributed by atoms with E-state index in [-0.39, 0.29) is 11.8 Å². The molecule has 0 fully saturated rings. The molecule has 21 heavy (non-hydrogen) atoms. The van der Waals surface area contributed by atoms with Crippen molar-refractivity contribution >= 4 is 22.4 Å². The van der Waals surface area contributed by atoms with Crippen molar-refractivity contribution < 1.29 is 4.79 Å². The molecule has 0 saturated heterocycles. The Morgan fingerprint density at radius 3 is 2.43 bits per heavy atom. The van der Waals surface area contributed by atoms with Crippen molar-refractivity contribution in [2.24, 2.45) is 5.92 Å². The Balaban J connectivity index is 2.08. The van der Waals surface area contributed by atoms with E-state index in [1.807, 2.05) is 19.2 Å². The molecule has 1 heterocycles. The van der Waals surface area contributed by atoms with Crippen LogP contribution in [0.1, 0.15) is 39.2 Å². The van der Waals surface area contributed by atoms with Gasteiger partial charge in [-0.05, 0) is 24.8 Å². The molecule has 2 aromatic rings. The van der Waals surface area contributed by atoms with E-state index in [9.17, 15) is 4.79 Å². The summed E-state index contributed by atoms with van der Waals surface area (Å²) in [6.07, 6.45) is 2.76. The third-order valence-electron chi connectivity index (χ3n) is 3.75. The second-order valence-corrected chi connectivity index (χ2v) is 5.95. The molecule has 0 aliphatic rings. The Kier molecular flexibility index (Phi) is 5.51. The summed E-state index contributed by atoms with van der Waals surface area (Å²) in [7, 11) is 0. The van der Waals surface area contributed by atoms with Gasteiger partial charge in [0.2, 0.25) is 5.91 Å². The minimum Gasteiger partial charge on any atom is -0.302 e. The second-order valence-electron chi connectivity index (χ2n) is 5.09. The van der Waals surface area contributed by atoms with Crippen molar-refractivity contribution in [3.63, 3.8) is 0 Å². The normalized spacial score (nSPS) is 10.9. The summed E-state index contributed by atoms with van der Waals surface area (Å²) in [5.41, 5.74) is 3.32. The molecule has 1 aromatic heterocycles. The molecule has 112 valence electrons. The first-order valence-electron chi connectivity index (χ1n) is 7.53. The van der Waals surface area contributed by atoms with Crippen LogP contribution in [0.5, 0.6) is 0 Å². The Morgan fingerprint density at radius 2 is 1.86 bits per heavy atom. The molecule has 0 atom stereocenters. The number of amides is 1. The standard InChI is InChI=1S/C17H22N2OS/c1-4-12-7-9-14(10-8-12)15-11-21-17(18-15)19-16(20)13(5-2)6-3/h7-11,13H,4-6H2,1-3H3,(H,18,19,20). The van der Waals surface area contributed by atoms with Gasteiger partial charge in [0.05, 0.1) is 5.69 Å².